The van der Waals surface area contributed by atoms with Crippen LogP contribution in [-0.2, 0) is 0 Å². The van der Waals surface area contributed by atoms with E-state index in [0.717, 1.165) is 10.2 Å². The van der Waals surface area contributed by atoms with E-state index < -0.39 is 0 Å². The zero-order valence-electron chi connectivity index (χ0n) is 7.05. The van der Waals surface area contributed by atoms with Gasteiger partial charge in [0, 0.05) is 4.47 Å². The van der Waals surface area contributed by atoms with Gasteiger partial charge in [0.15, 0.2) is 0 Å². The van der Waals surface area contributed by atoms with Crippen LogP contribution in [0.15, 0.2) is 35.3 Å². The summed E-state index contributed by atoms with van der Waals surface area (Å²) in [5.74, 6) is 0. The third kappa shape index (κ3) is 1.52. The predicted molar refractivity (Wildman–Crippen MR) is 53.8 cm³/mol. The van der Waals surface area contributed by atoms with Gasteiger partial charge >= 0.3 is 0 Å². The van der Waals surface area contributed by atoms with Gasteiger partial charge in [0.05, 0.1) is 11.3 Å². The molecule has 1 aromatic carbocycles. The lowest BCUT2D eigenvalue weighted by molar-refractivity contribution is 0.875. The summed E-state index contributed by atoms with van der Waals surface area (Å²) < 4.78 is 2.46. The normalized spacial score (nSPS) is 9.71. The van der Waals surface area contributed by atoms with Gasteiger partial charge in [-0.05, 0) is 18.2 Å². The minimum absolute atomic E-state index is 0.568. The van der Waals surface area contributed by atoms with E-state index in [2.05, 4.69) is 32.1 Å². The number of nitriles is 1. The zero-order valence-corrected chi connectivity index (χ0v) is 8.64. The molecular formula is C9H5BrN4. The summed E-state index contributed by atoms with van der Waals surface area (Å²) in [7, 11) is 0. The fourth-order valence-electron chi connectivity index (χ4n) is 1.12. The van der Waals surface area contributed by atoms with Crippen molar-refractivity contribution in [1.82, 2.24) is 14.8 Å². The van der Waals surface area contributed by atoms with E-state index in [1.54, 1.807) is 17.1 Å². The largest absolute Gasteiger partial charge is 0.223 e. The van der Waals surface area contributed by atoms with Gasteiger partial charge in [0.1, 0.15) is 18.7 Å². The van der Waals surface area contributed by atoms with E-state index in [-0.39, 0.29) is 0 Å². The standard InChI is InChI=1S/C9H5BrN4/c10-8-2-1-7(4-11)9(3-8)14-6-12-5-13-14/h1-3,5-6H. The SMILES string of the molecule is N#Cc1ccc(Br)cc1-n1cncn1. The Bertz CT molecular complexity index is 484. The summed E-state index contributed by atoms with van der Waals surface area (Å²) in [6, 6.07) is 7.48. The number of halogens is 1. The highest BCUT2D eigenvalue weighted by molar-refractivity contribution is 9.10. The van der Waals surface area contributed by atoms with E-state index in [4.69, 9.17) is 5.26 Å². The van der Waals surface area contributed by atoms with Crippen LogP contribution < -0.4 is 0 Å². The average molecular weight is 249 g/mol. The van der Waals surface area contributed by atoms with Gasteiger partial charge < -0.3 is 0 Å². The van der Waals surface area contributed by atoms with Crippen LogP contribution in [0.1, 0.15) is 5.56 Å². The molecule has 2 rings (SSSR count). The van der Waals surface area contributed by atoms with Crippen LogP contribution in [0.3, 0.4) is 0 Å². The molecule has 0 N–H and O–H groups in total. The smallest absolute Gasteiger partial charge is 0.138 e. The molecular weight excluding hydrogens is 244 g/mol. The third-order valence-corrected chi connectivity index (χ3v) is 2.24. The van der Waals surface area contributed by atoms with E-state index >= 15 is 0 Å². The monoisotopic (exact) mass is 248 g/mol. The van der Waals surface area contributed by atoms with Gasteiger partial charge in [-0.2, -0.15) is 10.4 Å². The molecule has 5 heteroatoms. The van der Waals surface area contributed by atoms with Crippen molar-refractivity contribution in [3.05, 3.63) is 40.9 Å². The van der Waals surface area contributed by atoms with Crippen LogP contribution in [-0.4, -0.2) is 14.8 Å². The maximum Gasteiger partial charge on any atom is 0.138 e. The lowest BCUT2D eigenvalue weighted by Crippen LogP contribution is -1.97. The van der Waals surface area contributed by atoms with Gasteiger partial charge in [-0.3, -0.25) is 0 Å². The van der Waals surface area contributed by atoms with Crippen molar-refractivity contribution in [1.29, 1.82) is 5.26 Å². The summed E-state index contributed by atoms with van der Waals surface area (Å²) >= 11 is 3.34. The second kappa shape index (κ2) is 3.60. The number of hydrogen-bond donors (Lipinski definition) is 0. The summed E-state index contributed by atoms with van der Waals surface area (Å²) in [6.07, 6.45) is 2.99. The lowest BCUT2D eigenvalue weighted by atomic mass is 10.2. The zero-order chi connectivity index (χ0) is 9.97. The van der Waals surface area contributed by atoms with Crippen LogP contribution >= 0.6 is 15.9 Å². The van der Waals surface area contributed by atoms with E-state index in [0.29, 0.717) is 5.56 Å². The molecule has 0 saturated heterocycles. The molecule has 0 fully saturated rings. The van der Waals surface area contributed by atoms with Crippen molar-refractivity contribution in [2.45, 2.75) is 0 Å². The second-order valence-electron chi connectivity index (χ2n) is 2.61. The maximum atomic E-state index is 8.88. The molecule has 4 nitrogen and oxygen atoms in total. The molecule has 0 aliphatic carbocycles. The first-order valence-electron chi connectivity index (χ1n) is 3.86. The number of nitrogens with zero attached hydrogens (tertiary/aromatic N) is 4. The fourth-order valence-corrected chi connectivity index (χ4v) is 1.47. The van der Waals surface area contributed by atoms with Crippen molar-refractivity contribution in [2.24, 2.45) is 0 Å². The average Bonchev–Trinajstić information content (AvgIpc) is 2.70. The first-order valence-corrected chi connectivity index (χ1v) is 4.65. The predicted octanol–water partition coefficient (Wildman–Crippen LogP) is 1.90. The number of rotatable bonds is 1. The molecule has 0 spiro atoms. The third-order valence-electron chi connectivity index (χ3n) is 1.75. The van der Waals surface area contributed by atoms with Crippen molar-refractivity contribution in [3.8, 4) is 11.8 Å². The van der Waals surface area contributed by atoms with Gasteiger partial charge in [-0.1, -0.05) is 15.9 Å². The molecule has 1 heterocycles. The minimum Gasteiger partial charge on any atom is -0.223 e. The lowest BCUT2D eigenvalue weighted by Gasteiger charge is -2.02. The number of hydrogen-bond acceptors (Lipinski definition) is 3. The molecule has 14 heavy (non-hydrogen) atoms. The molecule has 0 saturated carbocycles. The first-order chi connectivity index (χ1) is 6.81. The van der Waals surface area contributed by atoms with Crippen molar-refractivity contribution in [3.63, 3.8) is 0 Å². The van der Waals surface area contributed by atoms with Crippen LogP contribution in [0.4, 0.5) is 0 Å². The quantitative estimate of drug-likeness (QED) is 0.775. The number of aromatic nitrogens is 3. The van der Waals surface area contributed by atoms with Crippen molar-refractivity contribution in [2.75, 3.05) is 0 Å². The molecule has 0 aliphatic heterocycles. The molecule has 0 aliphatic rings. The van der Waals surface area contributed by atoms with Crippen LogP contribution in [0, 0.1) is 11.3 Å². The topological polar surface area (TPSA) is 54.5 Å². The van der Waals surface area contributed by atoms with Crippen LogP contribution in [0.5, 0.6) is 0 Å². The number of benzene rings is 1. The van der Waals surface area contributed by atoms with Crippen LogP contribution in [0.25, 0.3) is 5.69 Å². The highest BCUT2D eigenvalue weighted by Crippen LogP contribution is 2.18. The van der Waals surface area contributed by atoms with Gasteiger partial charge in [0.2, 0.25) is 0 Å². The molecule has 0 bridgehead atoms. The maximum absolute atomic E-state index is 8.88. The minimum atomic E-state index is 0.568. The van der Waals surface area contributed by atoms with E-state index in [1.807, 2.05) is 12.1 Å². The van der Waals surface area contributed by atoms with Gasteiger partial charge in [-0.15, -0.1) is 0 Å². The van der Waals surface area contributed by atoms with Crippen molar-refractivity contribution < 1.29 is 0 Å². The molecule has 68 valence electrons. The first kappa shape index (κ1) is 8.91. The van der Waals surface area contributed by atoms with Crippen molar-refractivity contribution >= 4 is 15.9 Å². The Hall–Kier alpha value is -1.67. The highest BCUT2D eigenvalue weighted by atomic mass is 79.9. The molecule has 2 aromatic rings. The summed E-state index contributed by atoms with van der Waals surface area (Å²) in [5.41, 5.74) is 1.29. The highest BCUT2D eigenvalue weighted by Gasteiger charge is 2.04. The Kier molecular flexibility index (Phi) is 2.29. The Morgan fingerprint density at radius 1 is 1.43 bits per heavy atom. The Morgan fingerprint density at radius 2 is 2.29 bits per heavy atom. The Balaban J connectivity index is 2.63. The summed E-state index contributed by atoms with van der Waals surface area (Å²) in [6.45, 7) is 0. The van der Waals surface area contributed by atoms with Crippen LogP contribution in [0.2, 0.25) is 0 Å². The molecule has 0 atom stereocenters. The summed E-state index contributed by atoms with van der Waals surface area (Å²) in [5, 5.41) is 12.9. The Labute approximate surface area is 88.9 Å². The summed E-state index contributed by atoms with van der Waals surface area (Å²) in [4.78, 5) is 3.83. The molecule has 0 amide bonds. The fraction of sp³-hybridized carbons (Fsp3) is 0. The van der Waals surface area contributed by atoms with Gasteiger partial charge in [-0.25, -0.2) is 9.67 Å². The Morgan fingerprint density at radius 3 is 2.93 bits per heavy atom. The molecule has 0 radical (unpaired) electrons. The van der Waals surface area contributed by atoms with Gasteiger partial charge in [0.25, 0.3) is 0 Å². The van der Waals surface area contributed by atoms with E-state index in [1.165, 1.54) is 6.33 Å². The second-order valence-corrected chi connectivity index (χ2v) is 3.53. The molecule has 1 aromatic heterocycles. The molecule has 0 unspecified atom stereocenters. The van der Waals surface area contributed by atoms with E-state index in [9.17, 15) is 0 Å².